The van der Waals surface area contributed by atoms with Crippen molar-refractivity contribution >= 4 is 86.0 Å². The Morgan fingerprint density at radius 1 is 0.618 bits per heavy atom. The van der Waals surface area contributed by atoms with E-state index in [-0.39, 0.29) is 175 Å². The molecule has 39 nitrogen and oxygen atoms in total. The highest BCUT2D eigenvalue weighted by Crippen LogP contribution is 2.72. The summed E-state index contributed by atoms with van der Waals surface area (Å²) in [6.45, 7) is 7.45. The zero-order valence-corrected chi connectivity index (χ0v) is 73.7. The molecule has 6 fully saturated rings. The van der Waals surface area contributed by atoms with Crippen molar-refractivity contribution in [2.24, 2.45) is 16.2 Å². The summed E-state index contributed by atoms with van der Waals surface area (Å²) in [7, 11) is 3.09. The molecule has 4 saturated carbocycles. The van der Waals surface area contributed by atoms with Crippen LogP contribution in [-0.4, -0.2) is 289 Å². The van der Waals surface area contributed by atoms with E-state index in [4.69, 9.17) is 71.7 Å². The molecule has 704 valence electrons. The molecule has 4 aliphatic carbocycles. The van der Waals surface area contributed by atoms with Crippen molar-refractivity contribution in [1.82, 2.24) is 29.5 Å². The second-order valence-corrected chi connectivity index (χ2v) is 35.8. The molecule has 2 unspecified atom stereocenters. The monoisotopic (exact) mass is 1840 g/mol. The van der Waals surface area contributed by atoms with Gasteiger partial charge in [0.25, 0.3) is 17.7 Å². The number of carbonyl (C=O) groups is 9. The van der Waals surface area contributed by atoms with Crippen molar-refractivity contribution in [3.05, 3.63) is 142 Å². The number of esters is 1. The van der Waals surface area contributed by atoms with Crippen LogP contribution in [0.15, 0.2) is 103 Å². The van der Waals surface area contributed by atoms with Crippen molar-refractivity contribution in [3.63, 3.8) is 0 Å². The quantitative estimate of drug-likeness (QED) is 0.0113. The maximum absolute atomic E-state index is 14.4. The number of hydrogen-bond acceptors (Lipinski definition) is 33. The van der Waals surface area contributed by atoms with Gasteiger partial charge < -0.3 is 117 Å². The number of aliphatic hydroxyl groups excluding tert-OH is 6. The topological polar surface area (TPSA) is 521 Å². The average molecular weight is 1840 g/mol. The number of nitrogens with zero attached hydrogens (tertiary/aromatic N) is 7. The highest BCUT2D eigenvalue weighted by molar-refractivity contribution is 7.22. The van der Waals surface area contributed by atoms with E-state index in [0.29, 0.717) is 76.9 Å². The predicted octanol–water partition coefficient (Wildman–Crippen LogP) is 6.33. The van der Waals surface area contributed by atoms with Crippen LogP contribution in [0.25, 0.3) is 21.3 Å². The van der Waals surface area contributed by atoms with Gasteiger partial charge in [-0.1, -0.05) is 37.3 Å². The summed E-state index contributed by atoms with van der Waals surface area (Å²) in [6.07, 6.45) is -9.94. The van der Waals surface area contributed by atoms with E-state index >= 15 is 0 Å². The lowest BCUT2D eigenvalue weighted by Gasteiger charge is -2.69. The number of aliphatic hydroxyl groups is 6. The number of ether oxygens (including phenoxy) is 13. The third-order valence-electron chi connectivity index (χ3n) is 24.7. The SMILES string of the molecule is COCCN(CCOC12CC3(C)CC(C)(CC(Cn4ncc(-c5ccc(N6CCc7c(OC)ccc(C(=O)Nc8nc9ccccc9s8)c7C6)nc5C(=O)O)c4C)(C3)C1)C2)C(=O)OCc1ccc(O[C@@H]2O[C@H](C(=O)O)[C@@H](O)[C@H](O)[C@H]2O)cc1OCCOCCCC(=O)OCc1ccc(O[C@@H]2O[C@H](C(=O)O)[C@@H](O)[C@H](O)[C@H]2O)cc1OCCOCCCC(=O)CCN1C(=O)C=CC1=O. The Bertz CT molecular complexity index is 5320. The van der Waals surface area contributed by atoms with Crippen LogP contribution in [0.1, 0.15) is 133 Å². The van der Waals surface area contributed by atoms with Gasteiger partial charge in [-0.15, -0.1) is 0 Å². The first-order valence-electron chi connectivity index (χ1n) is 43.2. The number of hydrogen-bond donors (Lipinski definition) is 10. The van der Waals surface area contributed by atoms with Crippen molar-refractivity contribution in [1.29, 1.82) is 0 Å². The van der Waals surface area contributed by atoms with Crippen LogP contribution >= 0.6 is 11.3 Å². The highest BCUT2D eigenvalue weighted by atomic mass is 32.1. The highest BCUT2D eigenvalue weighted by Gasteiger charge is 2.66. The number of aromatic nitrogens is 4. The van der Waals surface area contributed by atoms with Crippen molar-refractivity contribution < 1.29 is 151 Å². The van der Waals surface area contributed by atoms with Crippen LogP contribution in [-0.2, 0) is 99.4 Å². The molecule has 2 saturated heterocycles. The molecule has 10 N–H and O–H groups in total. The number of imide groups is 1. The van der Waals surface area contributed by atoms with Crippen LogP contribution in [0, 0.1) is 23.2 Å². The normalized spacial score (nSPS) is 25.4. The Kier molecular flexibility index (Phi) is 30.4. The lowest BCUT2D eigenvalue weighted by molar-refractivity contribution is -0.271. The van der Waals surface area contributed by atoms with Gasteiger partial charge in [-0.25, -0.2) is 29.1 Å². The molecule has 4 aromatic carbocycles. The number of amides is 4. The molecular formula is C91H108N8O31S. The minimum Gasteiger partial charge on any atom is -0.496 e. The molecule has 4 amide bonds. The first kappa shape index (κ1) is 95.7. The molecule has 12 atom stereocenters. The van der Waals surface area contributed by atoms with E-state index in [1.54, 1.807) is 31.5 Å². The lowest BCUT2D eigenvalue weighted by Crippen LogP contribution is -2.64. The van der Waals surface area contributed by atoms with Gasteiger partial charge in [-0.3, -0.25) is 38.9 Å². The number of aliphatic carboxylic acids is 2. The van der Waals surface area contributed by atoms with Crippen LogP contribution in [0.3, 0.4) is 0 Å². The Labute approximate surface area is 755 Å². The first-order valence-corrected chi connectivity index (χ1v) is 44.0. The van der Waals surface area contributed by atoms with Crippen molar-refractivity contribution in [3.8, 4) is 39.9 Å². The van der Waals surface area contributed by atoms with Gasteiger partial charge in [0.05, 0.1) is 55.6 Å². The molecule has 131 heavy (non-hydrogen) atoms. The summed E-state index contributed by atoms with van der Waals surface area (Å²) in [4.78, 5) is 129. The fourth-order valence-electron chi connectivity index (χ4n) is 19.6. The average Bonchev–Trinajstić information content (AvgIpc) is 1.16. The Morgan fingerprint density at radius 2 is 1.23 bits per heavy atom. The smallest absolute Gasteiger partial charge is 0.410 e. The number of nitrogens with one attached hydrogen (secondary N) is 1. The summed E-state index contributed by atoms with van der Waals surface area (Å²) < 4.78 is 78.8. The first-order chi connectivity index (χ1) is 62.7. The Morgan fingerprint density at radius 3 is 1.83 bits per heavy atom. The summed E-state index contributed by atoms with van der Waals surface area (Å²) in [6, 6.07) is 23.1. The molecule has 0 spiro atoms. The summed E-state index contributed by atoms with van der Waals surface area (Å²) in [5, 5.41) is 102. The number of rotatable bonds is 44. The summed E-state index contributed by atoms with van der Waals surface area (Å²) in [5.41, 5.74) is 4.02. The van der Waals surface area contributed by atoms with Crippen LogP contribution < -0.4 is 33.9 Å². The van der Waals surface area contributed by atoms with Crippen LogP contribution in [0.5, 0.6) is 28.7 Å². The largest absolute Gasteiger partial charge is 0.496 e. The zero-order chi connectivity index (χ0) is 93.2. The molecule has 8 aliphatic rings. The second-order valence-electron chi connectivity index (χ2n) is 34.8. The van der Waals surface area contributed by atoms with Crippen LogP contribution in [0.2, 0.25) is 0 Å². The molecule has 15 rings (SSSR count). The third kappa shape index (κ3) is 22.5. The molecule has 4 bridgehead atoms. The maximum atomic E-state index is 14.4. The fraction of sp³-hybridized carbons (Fsp3) is 0.516. The number of anilines is 2. The predicted molar refractivity (Wildman–Crippen MR) is 460 cm³/mol. The molecule has 0 radical (unpaired) electrons. The van der Waals surface area contributed by atoms with Crippen LogP contribution in [0.4, 0.5) is 15.7 Å². The number of fused-ring (bicyclic) bond motifs is 2. The van der Waals surface area contributed by atoms with Gasteiger partial charge >= 0.3 is 30.0 Å². The number of ketones is 1. The van der Waals surface area contributed by atoms with E-state index in [0.717, 1.165) is 76.2 Å². The Hall–Kier alpha value is -11.4. The standard InChI is InChI=1S/C91H108N8O31S/c1-51-60(58-19-21-67(94-71(58)81(111)112)97-26-25-57-61(41-97)59(18-20-63(57)119-5)80(110)95-86-93-62-11-6-7-12-66(62)131-86)40-92-99(51)50-90-45-88(2)44-89(3,46-90)48-91(47-88,49-90)126-33-29-96(28-32-118-4)87(117)125-43-53-15-17-56(128-85-77(109)73(105)75(107)79(130-85)83(115)116)39-65(53)123-37-35-121-31-9-13-70(103)124-42-52-14-16-55(127-84-76(108)72(104)74(106)78(129-84)82(113)114)38-64(52)122-36-34-120-30-8-10-54(100)24-27-98-68(101)22-23-69(98)102/h6-7,11-12,14-23,38-40,72-79,84-85,104-109H,8-10,13,24-37,41-50H2,1-5H3,(H,111,112)(H,113,114)(H,115,116)(H,93,95,110)/t72-,73-,74-,75-,76+,77+,78-,79-,84+,85+,88?,89?,90?,91?/m0/s1. The van der Waals surface area contributed by atoms with Gasteiger partial charge in [0, 0.05) is 142 Å². The lowest BCUT2D eigenvalue weighted by atomic mass is 9.39. The van der Waals surface area contributed by atoms with Gasteiger partial charge in [0.15, 0.2) is 23.0 Å². The number of carboxylic acids is 3. The Balaban J connectivity index is 0.583. The molecule has 40 heteroatoms. The van der Waals surface area contributed by atoms with Gasteiger partial charge in [0.1, 0.15) is 103 Å². The van der Waals surface area contributed by atoms with E-state index in [1.807, 2.05) is 46.8 Å². The summed E-state index contributed by atoms with van der Waals surface area (Å²) >= 11 is 1.38. The van der Waals surface area contributed by atoms with Gasteiger partial charge in [0.2, 0.25) is 12.6 Å². The number of carbonyl (C=O) groups excluding carboxylic acids is 6. The number of aromatic carboxylic acids is 1. The van der Waals surface area contributed by atoms with E-state index in [1.165, 1.54) is 59.7 Å². The molecule has 3 aromatic heterocycles. The number of benzene rings is 4. The zero-order valence-electron chi connectivity index (χ0n) is 72.9. The number of carboxylic acid groups (broad SMARTS) is 3. The number of methoxy groups -OCH3 is 2. The number of para-hydroxylation sites is 1. The molecule has 7 aromatic rings. The fourth-order valence-corrected chi connectivity index (χ4v) is 20.5. The number of Topliss-reactive ketones (excluding diaryl/α,β-unsaturated/α-hetero) is 1. The number of thiazole rings is 1. The molecule has 4 aliphatic heterocycles. The van der Waals surface area contributed by atoms with Crippen molar-refractivity contribution in [2.75, 3.05) is 103 Å². The minimum atomic E-state index is -2.00. The third-order valence-corrected chi connectivity index (χ3v) is 25.7. The molecule has 7 heterocycles. The minimum absolute atomic E-state index is 0.00309. The van der Waals surface area contributed by atoms with Crippen molar-refractivity contribution in [2.45, 2.75) is 191 Å². The van der Waals surface area contributed by atoms with Gasteiger partial charge in [-0.2, -0.15) is 5.10 Å². The van der Waals surface area contributed by atoms with E-state index < -0.39 is 109 Å². The van der Waals surface area contributed by atoms with E-state index in [9.17, 15) is 89.1 Å². The molecular weight excluding hydrogens is 1730 g/mol. The number of pyridine rings is 1. The van der Waals surface area contributed by atoms with Gasteiger partial charge in [-0.05, 0) is 147 Å². The van der Waals surface area contributed by atoms with E-state index in [2.05, 4.69) is 24.1 Å². The second kappa shape index (κ2) is 41.6. The summed E-state index contributed by atoms with van der Waals surface area (Å²) in [5.74, 6) is -5.49. The maximum Gasteiger partial charge on any atom is 0.410 e.